The molecule has 110 valence electrons. The topological polar surface area (TPSA) is 49.4 Å². The van der Waals surface area contributed by atoms with Crippen LogP contribution in [0.2, 0.25) is 0 Å². The van der Waals surface area contributed by atoms with Gasteiger partial charge in [-0.05, 0) is 38.3 Å². The molecule has 0 saturated carbocycles. The molecule has 1 rings (SSSR count). The zero-order chi connectivity index (χ0) is 14.6. The monoisotopic (exact) mass is 304 g/mol. The minimum absolute atomic E-state index is 0.0248. The van der Waals surface area contributed by atoms with Crippen LogP contribution in [0.1, 0.15) is 37.1 Å². The maximum absolute atomic E-state index is 12.7. The molecule has 0 aliphatic carbocycles. The Morgan fingerprint density at radius 3 is 2.63 bits per heavy atom. The van der Waals surface area contributed by atoms with E-state index in [-0.39, 0.29) is 6.04 Å². The van der Waals surface area contributed by atoms with E-state index >= 15 is 0 Å². The zero-order valence-electron chi connectivity index (χ0n) is 12.4. The summed E-state index contributed by atoms with van der Waals surface area (Å²) in [4.78, 5) is 1.37. The van der Waals surface area contributed by atoms with Crippen LogP contribution < -0.4 is 5.32 Å². The van der Waals surface area contributed by atoms with Crippen molar-refractivity contribution in [3.8, 4) is 0 Å². The van der Waals surface area contributed by atoms with Gasteiger partial charge >= 0.3 is 0 Å². The van der Waals surface area contributed by atoms with Crippen LogP contribution in [-0.2, 0) is 16.6 Å². The summed E-state index contributed by atoms with van der Waals surface area (Å²) < 4.78 is 27.0. The van der Waals surface area contributed by atoms with Gasteiger partial charge in [0.25, 0.3) is 0 Å². The highest BCUT2D eigenvalue weighted by Crippen LogP contribution is 2.30. The number of sulfonamides is 1. The Kier molecular flexibility index (Phi) is 5.98. The summed E-state index contributed by atoms with van der Waals surface area (Å²) in [7, 11) is 0.108. The molecule has 0 aliphatic rings. The third-order valence-corrected chi connectivity index (χ3v) is 6.73. The molecule has 0 radical (unpaired) electrons. The van der Waals surface area contributed by atoms with E-state index in [2.05, 4.69) is 12.2 Å². The molecule has 0 saturated heterocycles. The number of thiophene rings is 1. The summed E-state index contributed by atoms with van der Waals surface area (Å²) in [6.45, 7) is 6.48. The van der Waals surface area contributed by atoms with E-state index in [1.54, 1.807) is 7.05 Å². The Labute approximate surface area is 120 Å². The Bertz CT molecular complexity index is 509. The fourth-order valence-electron chi connectivity index (χ4n) is 2.10. The highest BCUT2D eigenvalue weighted by Gasteiger charge is 2.29. The van der Waals surface area contributed by atoms with Crippen molar-refractivity contribution in [1.82, 2.24) is 9.62 Å². The number of rotatable bonds is 7. The van der Waals surface area contributed by atoms with E-state index in [9.17, 15) is 8.42 Å². The first-order valence-corrected chi connectivity index (χ1v) is 8.87. The van der Waals surface area contributed by atoms with Crippen molar-refractivity contribution in [3.63, 3.8) is 0 Å². The molecule has 1 aromatic rings. The molecule has 0 fully saturated rings. The lowest BCUT2D eigenvalue weighted by atomic mass is 10.2. The van der Waals surface area contributed by atoms with Gasteiger partial charge in [0, 0.05) is 24.5 Å². The molecular weight excluding hydrogens is 280 g/mol. The summed E-state index contributed by atoms with van der Waals surface area (Å²) >= 11 is 1.50. The molecule has 0 aromatic carbocycles. The molecule has 1 heterocycles. The lowest BCUT2D eigenvalue weighted by Crippen LogP contribution is -2.35. The first-order valence-electron chi connectivity index (χ1n) is 6.55. The summed E-state index contributed by atoms with van der Waals surface area (Å²) in [6, 6.07) is 0.0248. The summed E-state index contributed by atoms with van der Waals surface area (Å²) in [5.41, 5.74) is 0.839. The molecule has 19 heavy (non-hydrogen) atoms. The van der Waals surface area contributed by atoms with E-state index in [1.165, 1.54) is 15.6 Å². The molecule has 0 bridgehead atoms. The third kappa shape index (κ3) is 3.56. The lowest BCUT2D eigenvalue weighted by Gasteiger charge is -2.24. The van der Waals surface area contributed by atoms with E-state index in [0.29, 0.717) is 11.4 Å². The highest BCUT2D eigenvalue weighted by molar-refractivity contribution is 7.89. The van der Waals surface area contributed by atoms with Crippen LogP contribution in [0, 0.1) is 6.92 Å². The Hall–Kier alpha value is -0.430. The van der Waals surface area contributed by atoms with Crippen molar-refractivity contribution in [3.05, 3.63) is 15.8 Å². The average Bonchev–Trinajstić information content (AvgIpc) is 2.71. The van der Waals surface area contributed by atoms with Crippen LogP contribution in [0.5, 0.6) is 0 Å². The van der Waals surface area contributed by atoms with E-state index < -0.39 is 10.0 Å². The summed E-state index contributed by atoms with van der Waals surface area (Å²) in [6.07, 6.45) is 1.85. The van der Waals surface area contributed by atoms with Gasteiger partial charge in [0.05, 0.1) is 0 Å². The zero-order valence-corrected chi connectivity index (χ0v) is 14.0. The Morgan fingerprint density at radius 2 is 2.11 bits per heavy atom. The van der Waals surface area contributed by atoms with E-state index in [1.807, 2.05) is 26.3 Å². The van der Waals surface area contributed by atoms with Crippen LogP contribution in [-0.4, -0.2) is 32.9 Å². The minimum atomic E-state index is -3.40. The molecule has 1 atom stereocenters. The molecule has 0 amide bonds. The van der Waals surface area contributed by atoms with Crippen LogP contribution >= 0.6 is 11.3 Å². The van der Waals surface area contributed by atoms with Crippen molar-refractivity contribution in [2.75, 3.05) is 14.1 Å². The van der Waals surface area contributed by atoms with Gasteiger partial charge in [0.1, 0.15) is 4.90 Å². The number of hydrogen-bond acceptors (Lipinski definition) is 4. The van der Waals surface area contributed by atoms with Gasteiger partial charge in [-0.1, -0.05) is 13.3 Å². The fourth-order valence-corrected chi connectivity index (χ4v) is 5.26. The maximum Gasteiger partial charge on any atom is 0.244 e. The first-order chi connectivity index (χ1) is 8.86. The van der Waals surface area contributed by atoms with Gasteiger partial charge in [0.2, 0.25) is 10.0 Å². The number of nitrogens with one attached hydrogen (secondary N) is 1. The van der Waals surface area contributed by atoms with Gasteiger partial charge in [-0.15, -0.1) is 11.3 Å². The predicted molar refractivity (Wildman–Crippen MR) is 81.1 cm³/mol. The molecule has 0 aliphatic heterocycles. The van der Waals surface area contributed by atoms with Crippen molar-refractivity contribution < 1.29 is 8.42 Å². The molecule has 4 nitrogen and oxygen atoms in total. The normalized spacial score (nSPS) is 14.0. The molecule has 1 unspecified atom stereocenters. The Balaban J connectivity index is 3.16. The van der Waals surface area contributed by atoms with Crippen LogP contribution in [0.4, 0.5) is 0 Å². The van der Waals surface area contributed by atoms with Crippen LogP contribution in [0.15, 0.2) is 10.3 Å². The van der Waals surface area contributed by atoms with Crippen LogP contribution in [0.3, 0.4) is 0 Å². The van der Waals surface area contributed by atoms with Gasteiger partial charge in [-0.3, -0.25) is 0 Å². The molecule has 6 heteroatoms. The van der Waals surface area contributed by atoms with Crippen molar-refractivity contribution in [2.45, 2.75) is 51.1 Å². The first kappa shape index (κ1) is 16.6. The van der Waals surface area contributed by atoms with E-state index in [0.717, 1.165) is 23.3 Å². The smallest absolute Gasteiger partial charge is 0.244 e. The maximum atomic E-state index is 12.7. The van der Waals surface area contributed by atoms with Crippen molar-refractivity contribution in [1.29, 1.82) is 0 Å². The second-order valence-electron chi connectivity index (χ2n) is 4.86. The molecule has 1 aromatic heterocycles. The standard InChI is InChI=1S/C13H24N2O2S2/c1-6-7-11(3)15(5)19(16,17)13-10(2)9-18-12(13)8-14-4/h9,11,14H,6-8H2,1-5H3. The second-order valence-corrected chi connectivity index (χ2v) is 7.76. The van der Waals surface area contributed by atoms with Crippen molar-refractivity contribution >= 4 is 21.4 Å². The largest absolute Gasteiger partial charge is 0.315 e. The highest BCUT2D eigenvalue weighted by atomic mass is 32.2. The van der Waals surface area contributed by atoms with Crippen molar-refractivity contribution in [2.24, 2.45) is 0 Å². The number of hydrogen-bond donors (Lipinski definition) is 1. The quantitative estimate of drug-likeness (QED) is 0.842. The fraction of sp³-hybridized carbons (Fsp3) is 0.692. The molecule has 1 N–H and O–H groups in total. The third-order valence-electron chi connectivity index (χ3n) is 3.29. The number of aryl methyl sites for hydroxylation is 1. The molecular formula is C13H24N2O2S2. The number of nitrogens with zero attached hydrogens (tertiary/aromatic N) is 1. The second kappa shape index (κ2) is 6.83. The minimum Gasteiger partial charge on any atom is -0.315 e. The van der Waals surface area contributed by atoms with Crippen LogP contribution in [0.25, 0.3) is 0 Å². The molecule has 0 spiro atoms. The predicted octanol–water partition coefficient (Wildman–Crippen LogP) is 2.59. The summed E-state index contributed by atoms with van der Waals surface area (Å²) in [5, 5.41) is 4.95. The SMILES string of the molecule is CCCC(C)N(C)S(=O)(=O)c1c(C)csc1CNC. The van der Waals surface area contributed by atoms with E-state index in [4.69, 9.17) is 0 Å². The lowest BCUT2D eigenvalue weighted by molar-refractivity contribution is 0.368. The van der Waals surface area contributed by atoms with Gasteiger partial charge in [-0.25, -0.2) is 8.42 Å². The Morgan fingerprint density at radius 1 is 1.47 bits per heavy atom. The van der Waals surface area contributed by atoms with Gasteiger partial charge in [0.15, 0.2) is 0 Å². The summed E-state index contributed by atoms with van der Waals surface area (Å²) in [5.74, 6) is 0. The average molecular weight is 304 g/mol. The van der Waals surface area contributed by atoms with Gasteiger partial charge < -0.3 is 5.32 Å². The van der Waals surface area contributed by atoms with Gasteiger partial charge in [-0.2, -0.15) is 4.31 Å².